The van der Waals surface area contributed by atoms with E-state index in [1.807, 2.05) is 6.92 Å². The lowest BCUT2D eigenvalue weighted by Crippen LogP contribution is -2.44. The maximum absolute atomic E-state index is 12.6. The van der Waals surface area contributed by atoms with Gasteiger partial charge >= 0.3 is 0 Å². The molecular weight excluding hydrogens is 398 g/mol. The number of ether oxygens (including phenoxy) is 2. The Labute approximate surface area is 181 Å². The molecule has 2 atom stereocenters. The van der Waals surface area contributed by atoms with E-state index < -0.39 is 12.0 Å². The maximum Gasteiger partial charge on any atom is 0.246 e. The normalized spacial score (nSPS) is 16.5. The van der Waals surface area contributed by atoms with E-state index in [1.54, 1.807) is 67.5 Å². The zero-order chi connectivity index (χ0) is 22.4. The highest BCUT2D eigenvalue weighted by Crippen LogP contribution is 2.27. The van der Waals surface area contributed by atoms with Crippen molar-refractivity contribution < 1.29 is 23.9 Å². The van der Waals surface area contributed by atoms with Crippen LogP contribution in [0.25, 0.3) is 0 Å². The zero-order valence-corrected chi connectivity index (χ0v) is 17.9. The molecule has 2 aromatic rings. The highest BCUT2D eigenvalue weighted by Gasteiger charge is 2.36. The van der Waals surface area contributed by atoms with E-state index in [1.165, 1.54) is 0 Å². The van der Waals surface area contributed by atoms with Gasteiger partial charge in [0, 0.05) is 24.3 Å². The van der Waals surface area contributed by atoms with Gasteiger partial charge < -0.3 is 25.0 Å². The van der Waals surface area contributed by atoms with Crippen molar-refractivity contribution in [1.82, 2.24) is 5.32 Å². The van der Waals surface area contributed by atoms with Crippen LogP contribution in [0.3, 0.4) is 0 Å². The molecule has 0 aliphatic carbocycles. The molecule has 0 bridgehead atoms. The summed E-state index contributed by atoms with van der Waals surface area (Å²) in [6.07, 6.45) is 0.102. The van der Waals surface area contributed by atoms with E-state index in [9.17, 15) is 14.4 Å². The third kappa shape index (κ3) is 5.53. The van der Waals surface area contributed by atoms with Gasteiger partial charge in [-0.3, -0.25) is 14.4 Å². The van der Waals surface area contributed by atoms with E-state index >= 15 is 0 Å². The lowest BCUT2D eigenvalue weighted by Gasteiger charge is -2.18. The number of rotatable bonds is 8. The molecule has 1 aliphatic heterocycles. The van der Waals surface area contributed by atoms with Crippen molar-refractivity contribution in [3.05, 3.63) is 48.5 Å². The van der Waals surface area contributed by atoms with Crippen molar-refractivity contribution in [2.45, 2.75) is 26.3 Å². The SMILES string of the molecule is CCOc1ccc(NC(=O)[C@H](C)NC(=O)[C@@H]2CC(=O)N(c3ccc(OC)cc3)C2)cc1. The fourth-order valence-electron chi connectivity index (χ4n) is 3.34. The van der Waals surface area contributed by atoms with Gasteiger partial charge in [0.25, 0.3) is 0 Å². The smallest absolute Gasteiger partial charge is 0.246 e. The Balaban J connectivity index is 1.54. The van der Waals surface area contributed by atoms with Crippen LogP contribution in [-0.2, 0) is 14.4 Å². The first-order valence-electron chi connectivity index (χ1n) is 10.2. The molecule has 0 aromatic heterocycles. The Morgan fingerprint density at radius 3 is 2.35 bits per heavy atom. The molecule has 0 radical (unpaired) electrons. The van der Waals surface area contributed by atoms with Crippen LogP contribution in [0.5, 0.6) is 11.5 Å². The second-order valence-electron chi connectivity index (χ2n) is 7.28. The summed E-state index contributed by atoms with van der Waals surface area (Å²) in [6.45, 7) is 4.34. The minimum Gasteiger partial charge on any atom is -0.497 e. The lowest BCUT2D eigenvalue weighted by atomic mass is 10.1. The van der Waals surface area contributed by atoms with Gasteiger partial charge in [-0.05, 0) is 62.4 Å². The monoisotopic (exact) mass is 425 g/mol. The summed E-state index contributed by atoms with van der Waals surface area (Å²) in [5.41, 5.74) is 1.32. The molecule has 1 saturated heterocycles. The topological polar surface area (TPSA) is 97.0 Å². The number of carbonyl (C=O) groups is 3. The minimum atomic E-state index is -0.746. The zero-order valence-electron chi connectivity index (χ0n) is 17.9. The molecule has 1 fully saturated rings. The number of methoxy groups -OCH3 is 1. The lowest BCUT2D eigenvalue weighted by molar-refractivity contribution is -0.129. The Morgan fingerprint density at radius 2 is 1.74 bits per heavy atom. The Bertz CT molecular complexity index is 927. The van der Waals surface area contributed by atoms with Crippen molar-refractivity contribution in [3.63, 3.8) is 0 Å². The third-order valence-corrected chi connectivity index (χ3v) is 5.06. The van der Waals surface area contributed by atoms with Crippen molar-refractivity contribution in [2.24, 2.45) is 5.92 Å². The summed E-state index contributed by atoms with van der Waals surface area (Å²) >= 11 is 0. The predicted octanol–water partition coefficient (Wildman–Crippen LogP) is 2.59. The Kier molecular flexibility index (Phi) is 7.12. The molecule has 2 aromatic carbocycles. The van der Waals surface area contributed by atoms with E-state index in [2.05, 4.69) is 10.6 Å². The molecule has 8 heteroatoms. The first kappa shape index (κ1) is 22.1. The quantitative estimate of drug-likeness (QED) is 0.678. The van der Waals surface area contributed by atoms with Gasteiger partial charge in [-0.1, -0.05) is 0 Å². The predicted molar refractivity (Wildman–Crippen MR) is 117 cm³/mol. The van der Waals surface area contributed by atoms with Crippen LogP contribution < -0.4 is 25.0 Å². The molecule has 0 unspecified atom stereocenters. The largest absolute Gasteiger partial charge is 0.497 e. The highest BCUT2D eigenvalue weighted by molar-refractivity contribution is 6.02. The first-order valence-corrected chi connectivity index (χ1v) is 10.2. The highest BCUT2D eigenvalue weighted by atomic mass is 16.5. The molecule has 3 rings (SSSR count). The van der Waals surface area contributed by atoms with Gasteiger partial charge in [0.05, 0.1) is 19.6 Å². The van der Waals surface area contributed by atoms with Crippen LogP contribution in [0.2, 0.25) is 0 Å². The van der Waals surface area contributed by atoms with Gasteiger partial charge in [-0.2, -0.15) is 0 Å². The molecule has 164 valence electrons. The first-order chi connectivity index (χ1) is 14.9. The van der Waals surface area contributed by atoms with Gasteiger partial charge in [-0.25, -0.2) is 0 Å². The maximum atomic E-state index is 12.6. The van der Waals surface area contributed by atoms with E-state index in [0.29, 0.717) is 29.5 Å². The second-order valence-corrected chi connectivity index (χ2v) is 7.28. The van der Waals surface area contributed by atoms with Crippen LogP contribution in [0, 0.1) is 5.92 Å². The van der Waals surface area contributed by atoms with Crippen LogP contribution in [-0.4, -0.2) is 44.0 Å². The average Bonchev–Trinajstić information content (AvgIpc) is 3.17. The van der Waals surface area contributed by atoms with Crippen LogP contribution in [0.4, 0.5) is 11.4 Å². The Hall–Kier alpha value is -3.55. The number of hydrogen-bond acceptors (Lipinski definition) is 5. The summed E-state index contributed by atoms with van der Waals surface area (Å²) in [4.78, 5) is 39.1. The molecule has 0 saturated carbocycles. The molecular formula is C23H27N3O5. The van der Waals surface area contributed by atoms with Crippen molar-refractivity contribution in [1.29, 1.82) is 0 Å². The van der Waals surface area contributed by atoms with E-state index in [-0.39, 0.29) is 30.7 Å². The van der Waals surface area contributed by atoms with Crippen LogP contribution in [0.1, 0.15) is 20.3 Å². The number of anilines is 2. The summed E-state index contributed by atoms with van der Waals surface area (Å²) in [5, 5.41) is 5.47. The van der Waals surface area contributed by atoms with Gasteiger partial charge in [0.2, 0.25) is 17.7 Å². The van der Waals surface area contributed by atoms with Gasteiger partial charge in [0.1, 0.15) is 17.5 Å². The fourth-order valence-corrected chi connectivity index (χ4v) is 3.34. The van der Waals surface area contributed by atoms with Crippen molar-refractivity contribution >= 4 is 29.1 Å². The molecule has 31 heavy (non-hydrogen) atoms. The third-order valence-electron chi connectivity index (χ3n) is 5.06. The van der Waals surface area contributed by atoms with Gasteiger partial charge in [-0.15, -0.1) is 0 Å². The minimum absolute atomic E-state index is 0.102. The number of nitrogens with zero attached hydrogens (tertiary/aromatic N) is 1. The van der Waals surface area contributed by atoms with Crippen LogP contribution >= 0.6 is 0 Å². The number of hydrogen-bond donors (Lipinski definition) is 2. The number of amides is 3. The second kappa shape index (κ2) is 9.97. The van der Waals surface area contributed by atoms with E-state index in [0.717, 1.165) is 0 Å². The average molecular weight is 425 g/mol. The molecule has 1 heterocycles. The number of carbonyl (C=O) groups excluding carboxylic acids is 3. The number of benzene rings is 2. The summed E-state index contributed by atoms with van der Waals surface area (Å²) in [7, 11) is 1.57. The summed E-state index contributed by atoms with van der Waals surface area (Å²) in [6, 6.07) is 13.4. The standard InChI is InChI=1S/C23H27N3O5/c1-4-31-20-9-5-17(6-10-20)25-22(28)15(2)24-23(29)16-13-21(27)26(14-16)18-7-11-19(30-3)12-8-18/h5-12,15-16H,4,13-14H2,1-3H3,(H,24,29)(H,25,28)/t15-,16+/m0/s1. The van der Waals surface area contributed by atoms with Crippen molar-refractivity contribution in [3.8, 4) is 11.5 Å². The molecule has 0 spiro atoms. The molecule has 8 nitrogen and oxygen atoms in total. The summed E-state index contributed by atoms with van der Waals surface area (Å²) in [5.74, 6) is 0.103. The van der Waals surface area contributed by atoms with E-state index in [4.69, 9.17) is 9.47 Å². The van der Waals surface area contributed by atoms with Crippen LogP contribution in [0.15, 0.2) is 48.5 Å². The summed E-state index contributed by atoms with van der Waals surface area (Å²) < 4.78 is 10.5. The van der Waals surface area contributed by atoms with Crippen molar-refractivity contribution in [2.75, 3.05) is 30.5 Å². The fraction of sp³-hybridized carbons (Fsp3) is 0.348. The molecule has 2 N–H and O–H groups in total. The molecule has 3 amide bonds. The Morgan fingerprint density at radius 1 is 1.10 bits per heavy atom. The number of nitrogens with one attached hydrogen (secondary N) is 2. The van der Waals surface area contributed by atoms with Gasteiger partial charge in [0.15, 0.2) is 0 Å². The molecule has 1 aliphatic rings.